The maximum atomic E-state index is 14.1. The maximum Gasteiger partial charge on any atom is 0.308 e. The van der Waals surface area contributed by atoms with Gasteiger partial charge in [-0.2, -0.15) is 0 Å². The van der Waals surface area contributed by atoms with Crippen molar-refractivity contribution in [2.75, 3.05) is 27.5 Å². The van der Waals surface area contributed by atoms with E-state index < -0.39 is 36.0 Å². The van der Waals surface area contributed by atoms with Crippen molar-refractivity contribution < 1.29 is 33.0 Å². The number of hydroxylamine groups is 1. The number of nitrogens with zero attached hydrogens (tertiary/aromatic N) is 1. The van der Waals surface area contributed by atoms with Gasteiger partial charge in [0.25, 0.3) is 5.91 Å². The van der Waals surface area contributed by atoms with Crippen LogP contribution in [0.15, 0.2) is 42.6 Å². The molecule has 0 radical (unpaired) electrons. The van der Waals surface area contributed by atoms with Gasteiger partial charge in [-0.1, -0.05) is 38.1 Å². The number of carbonyl (C=O) groups is 2. The van der Waals surface area contributed by atoms with E-state index in [0.717, 1.165) is 10.8 Å². The van der Waals surface area contributed by atoms with Crippen molar-refractivity contribution >= 4 is 28.3 Å². The molecular weight excluding hydrogens is 457 g/mol. The molecule has 2 N–H and O–H groups in total. The molecule has 2 aromatic rings. The third-order valence-corrected chi connectivity index (χ3v) is 6.22. The summed E-state index contributed by atoms with van der Waals surface area (Å²) in [6, 6.07) is 8.42. The first-order valence-electron chi connectivity index (χ1n) is 11.4. The molecule has 10 heteroatoms. The van der Waals surface area contributed by atoms with Gasteiger partial charge in [0.05, 0.1) is 30.5 Å². The largest absolute Gasteiger partial charge is 0.466 e. The van der Waals surface area contributed by atoms with Crippen molar-refractivity contribution in [1.29, 1.82) is 0 Å². The first-order valence-corrected chi connectivity index (χ1v) is 11.4. The second kappa shape index (κ2) is 11.1. The van der Waals surface area contributed by atoms with Crippen molar-refractivity contribution in [2.24, 2.45) is 5.92 Å². The summed E-state index contributed by atoms with van der Waals surface area (Å²) in [4.78, 5) is 36.3. The number of rotatable bonds is 11. The van der Waals surface area contributed by atoms with Crippen LogP contribution in [0.3, 0.4) is 0 Å². The monoisotopic (exact) mass is 489 g/mol. The van der Waals surface area contributed by atoms with Crippen LogP contribution in [0.25, 0.3) is 16.5 Å². The summed E-state index contributed by atoms with van der Waals surface area (Å²) >= 11 is 0. The van der Waals surface area contributed by atoms with Crippen LogP contribution in [-0.2, 0) is 28.6 Å². The summed E-state index contributed by atoms with van der Waals surface area (Å²) in [5.74, 6) is -3.48. The molecule has 1 aliphatic heterocycles. The minimum atomic E-state index is -1.89. The van der Waals surface area contributed by atoms with Crippen molar-refractivity contribution in [3.8, 4) is 0 Å². The van der Waals surface area contributed by atoms with Crippen LogP contribution in [0.2, 0.25) is 0 Å². The number of esters is 1. The summed E-state index contributed by atoms with van der Waals surface area (Å²) in [5, 5.41) is 4.58. The molecule has 0 saturated carbocycles. The molecule has 1 aliphatic rings. The smallest absolute Gasteiger partial charge is 0.308 e. The van der Waals surface area contributed by atoms with Gasteiger partial charge < -0.3 is 19.5 Å². The number of hydrogen-bond donors (Lipinski definition) is 2. The molecule has 2 unspecified atom stereocenters. The Morgan fingerprint density at radius 3 is 2.57 bits per heavy atom. The van der Waals surface area contributed by atoms with Gasteiger partial charge in [-0.25, -0.2) is 4.39 Å². The number of nitrogens with one attached hydrogen (secondary N) is 2. The third-order valence-electron chi connectivity index (χ3n) is 6.22. The second-order valence-electron chi connectivity index (χ2n) is 8.48. The van der Waals surface area contributed by atoms with E-state index in [9.17, 15) is 14.0 Å². The number of fused-ring (bicyclic) bond motifs is 1. The van der Waals surface area contributed by atoms with E-state index in [4.69, 9.17) is 19.0 Å². The summed E-state index contributed by atoms with van der Waals surface area (Å²) in [6.07, 6.45) is 2.96. The fourth-order valence-corrected chi connectivity index (χ4v) is 4.07. The van der Waals surface area contributed by atoms with Crippen LogP contribution < -0.4 is 10.8 Å². The van der Waals surface area contributed by atoms with E-state index in [2.05, 4.69) is 15.8 Å². The molecule has 1 amide bonds. The molecular formula is C25H32FN3O6. The molecule has 2 heterocycles. The van der Waals surface area contributed by atoms with Crippen LogP contribution in [-0.4, -0.2) is 61.8 Å². The zero-order chi connectivity index (χ0) is 25.6. The highest BCUT2D eigenvalue weighted by Crippen LogP contribution is 2.35. The van der Waals surface area contributed by atoms with Gasteiger partial charge in [-0.05, 0) is 30.4 Å². The Kier molecular flexibility index (Phi) is 8.42. The summed E-state index contributed by atoms with van der Waals surface area (Å²) in [6.45, 7) is 4.30. The van der Waals surface area contributed by atoms with Gasteiger partial charge in [-0.15, -0.1) is 0 Å². The molecule has 0 aliphatic carbocycles. The average molecular weight is 490 g/mol. The average Bonchev–Trinajstić information content (AvgIpc) is 3.32. The number of methoxy groups -OCH3 is 2. The highest BCUT2D eigenvalue weighted by Gasteiger charge is 2.50. The molecule has 0 saturated heterocycles. The van der Waals surface area contributed by atoms with Crippen molar-refractivity contribution in [2.45, 2.75) is 44.6 Å². The number of pyridine rings is 1. The number of alkyl halides is 1. The highest BCUT2D eigenvalue weighted by molar-refractivity contribution is 5.96. The van der Waals surface area contributed by atoms with E-state index in [1.54, 1.807) is 19.2 Å². The number of carbonyl (C=O) groups excluding carboxylic acids is 2. The third kappa shape index (κ3) is 5.14. The van der Waals surface area contributed by atoms with Gasteiger partial charge >= 0.3 is 5.97 Å². The lowest BCUT2D eigenvalue weighted by Gasteiger charge is -2.38. The fraction of sp³-hybridized carbons (Fsp3) is 0.480. The van der Waals surface area contributed by atoms with Gasteiger partial charge in [0.1, 0.15) is 6.67 Å². The number of benzene rings is 1. The van der Waals surface area contributed by atoms with Crippen LogP contribution in [0.4, 0.5) is 4.39 Å². The lowest BCUT2D eigenvalue weighted by molar-refractivity contribution is -0.236. The molecule has 1 aromatic carbocycles. The molecule has 0 spiro atoms. The Bertz CT molecular complexity index is 1070. The molecule has 0 bridgehead atoms. The summed E-state index contributed by atoms with van der Waals surface area (Å²) in [7, 11) is 2.48. The fourth-order valence-electron chi connectivity index (χ4n) is 4.07. The minimum Gasteiger partial charge on any atom is -0.466 e. The van der Waals surface area contributed by atoms with Gasteiger partial charge in [0, 0.05) is 25.8 Å². The topological polar surface area (TPSA) is 108 Å². The summed E-state index contributed by atoms with van der Waals surface area (Å²) in [5.41, 5.74) is 2.50. The van der Waals surface area contributed by atoms with Crippen molar-refractivity contribution in [1.82, 2.24) is 15.8 Å². The molecule has 3 rings (SSSR count). The van der Waals surface area contributed by atoms with E-state index in [0.29, 0.717) is 11.4 Å². The molecule has 35 heavy (non-hydrogen) atoms. The van der Waals surface area contributed by atoms with E-state index >= 15 is 0 Å². The van der Waals surface area contributed by atoms with Crippen molar-refractivity contribution in [3.63, 3.8) is 0 Å². The molecule has 2 atom stereocenters. The van der Waals surface area contributed by atoms with Crippen LogP contribution in [0, 0.1) is 5.92 Å². The van der Waals surface area contributed by atoms with E-state index in [1.165, 1.54) is 14.2 Å². The van der Waals surface area contributed by atoms with Gasteiger partial charge in [-0.3, -0.25) is 24.9 Å². The quantitative estimate of drug-likeness (QED) is 0.367. The van der Waals surface area contributed by atoms with Crippen LogP contribution in [0.5, 0.6) is 0 Å². The Hall–Kier alpha value is -3.08. The number of halogens is 1. The first kappa shape index (κ1) is 26.5. The minimum absolute atomic E-state index is 0.134. The second-order valence-corrected chi connectivity index (χ2v) is 8.48. The van der Waals surface area contributed by atoms with Crippen LogP contribution in [0.1, 0.15) is 32.9 Å². The Balaban J connectivity index is 1.98. The molecule has 9 nitrogen and oxygen atoms in total. The molecule has 190 valence electrons. The Morgan fingerprint density at radius 1 is 1.23 bits per heavy atom. The standard InChI is InChI=1S/C25H32FN3O6/c1-6-34-21(30)13-20(25(15-26,32-4)33-5)28-23(31)24(16(2)3)14-19(29-35-24)22-18-10-8-7-9-17(18)11-12-27-22/h7-12,14,16,20,29H,6,13,15H2,1-5H3,(H,28,31). The zero-order valence-electron chi connectivity index (χ0n) is 20.6. The number of aromatic nitrogens is 1. The SMILES string of the molecule is CCOC(=O)CC(NC(=O)C1(C(C)C)C=C(c2nccc3ccccc23)NO1)C(CF)(OC)OC. The van der Waals surface area contributed by atoms with Crippen molar-refractivity contribution in [3.05, 3.63) is 48.3 Å². The lowest BCUT2D eigenvalue weighted by atomic mass is 9.87. The molecule has 0 fully saturated rings. The maximum absolute atomic E-state index is 14.1. The summed E-state index contributed by atoms with van der Waals surface area (Å²) < 4.78 is 29.6. The number of amides is 1. The Morgan fingerprint density at radius 2 is 1.94 bits per heavy atom. The highest BCUT2D eigenvalue weighted by atomic mass is 19.1. The Labute approximate surface area is 203 Å². The predicted molar refractivity (Wildman–Crippen MR) is 127 cm³/mol. The lowest BCUT2D eigenvalue weighted by Crippen LogP contribution is -2.62. The predicted octanol–water partition coefficient (Wildman–Crippen LogP) is 2.90. The van der Waals surface area contributed by atoms with Gasteiger partial charge in [0.2, 0.25) is 5.79 Å². The zero-order valence-corrected chi connectivity index (χ0v) is 20.6. The molecule has 1 aromatic heterocycles. The number of ether oxygens (including phenoxy) is 3. The van der Waals surface area contributed by atoms with Gasteiger partial charge in [0.15, 0.2) is 5.60 Å². The normalized spacial score (nSPS) is 18.8. The van der Waals surface area contributed by atoms with Crippen LogP contribution >= 0.6 is 0 Å². The van der Waals surface area contributed by atoms with E-state index in [-0.39, 0.29) is 18.9 Å². The van der Waals surface area contributed by atoms with E-state index in [1.807, 2.05) is 44.2 Å². The first-order chi connectivity index (χ1) is 16.8. The number of hydrogen-bond acceptors (Lipinski definition) is 8.